The van der Waals surface area contributed by atoms with Gasteiger partial charge < -0.3 is 14.8 Å². The van der Waals surface area contributed by atoms with E-state index in [-0.39, 0.29) is 17.5 Å². The van der Waals surface area contributed by atoms with Crippen LogP contribution in [0.4, 0.5) is 8.78 Å². The quantitative estimate of drug-likeness (QED) is 0.920. The molecule has 0 amide bonds. The maximum absolute atomic E-state index is 13.0. The van der Waals surface area contributed by atoms with E-state index >= 15 is 0 Å². The summed E-state index contributed by atoms with van der Waals surface area (Å²) in [5.41, 5.74) is 1.87. The molecular weight excluding hydrogens is 290 g/mol. The van der Waals surface area contributed by atoms with Gasteiger partial charge in [-0.25, -0.2) is 0 Å². The number of pyridine rings is 1. The van der Waals surface area contributed by atoms with E-state index in [9.17, 15) is 8.78 Å². The van der Waals surface area contributed by atoms with Crippen molar-refractivity contribution in [3.05, 3.63) is 53.9 Å². The molecule has 0 fully saturated rings. The van der Waals surface area contributed by atoms with Crippen molar-refractivity contribution < 1.29 is 18.3 Å². The number of fused-ring (bicyclic) bond motifs is 1. The van der Waals surface area contributed by atoms with Crippen LogP contribution in [-0.4, -0.2) is 17.8 Å². The van der Waals surface area contributed by atoms with Gasteiger partial charge in [-0.3, -0.25) is 4.98 Å². The second-order valence-corrected chi connectivity index (χ2v) is 5.13. The van der Waals surface area contributed by atoms with Crippen molar-refractivity contribution in [2.45, 2.75) is 25.7 Å². The third-order valence-corrected chi connectivity index (χ3v) is 3.46. The normalized spacial score (nSPS) is 16.5. The van der Waals surface area contributed by atoms with Crippen molar-refractivity contribution in [3.8, 4) is 11.5 Å². The Kier molecular flexibility index (Phi) is 3.94. The molecule has 1 aromatic heterocycles. The maximum Gasteiger partial charge on any atom is 0.586 e. The van der Waals surface area contributed by atoms with E-state index in [0.29, 0.717) is 13.0 Å². The Labute approximate surface area is 127 Å². The standard InChI is InChI=1S/C16H16F2N2O2/c1-11(13-4-2-3-8-20-13)19-9-7-12-5-6-14-15(10-12)22-16(17,18)21-14/h2-6,8,10-11,19H,7,9H2,1H3. The van der Waals surface area contributed by atoms with Gasteiger partial charge in [0.2, 0.25) is 0 Å². The molecule has 6 heteroatoms. The summed E-state index contributed by atoms with van der Waals surface area (Å²) < 4.78 is 34.7. The van der Waals surface area contributed by atoms with Crippen molar-refractivity contribution in [1.29, 1.82) is 0 Å². The summed E-state index contributed by atoms with van der Waals surface area (Å²) in [7, 11) is 0. The number of aromatic nitrogens is 1. The topological polar surface area (TPSA) is 43.4 Å². The van der Waals surface area contributed by atoms with E-state index in [1.54, 1.807) is 18.3 Å². The monoisotopic (exact) mass is 306 g/mol. The molecule has 3 rings (SSSR count). The first kappa shape index (κ1) is 14.7. The third-order valence-electron chi connectivity index (χ3n) is 3.46. The number of benzene rings is 1. The summed E-state index contributed by atoms with van der Waals surface area (Å²) in [5, 5.41) is 3.35. The number of nitrogens with zero attached hydrogens (tertiary/aromatic N) is 1. The maximum atomic E-state index is 13.0. The number of ether oxygens (including phenoxy) is 2. The molecule has 0 saturated heterocycles. The molecule has 2 aromatic rings. The summed E-state index contributed by atoms with van der Waals surface area (Å²) in [5.74, 6) is 0.156. The van der Waals surface area contributed by atoms with Crippen LogP contribution in [-0.2, 0) is 6.42 Å². The minimum absolute atomic E-state index is 0.0727. The SMILES string of the molecule is CC(NCCc1ccc2c(c1)OC(F)(F)O2)c1ccccn1. The third kappa shape index (κ3) is 3.33. The van der Waals surface area contributed by atoms with E-state index in [1.165, 1.54) is 6.07 Å². The molecule has 0 saturated carbocycles. The highest BCUT2D eigenvalue weighted by Crippen LogP contribution is 2.41. The van der Waals surface area contributed by atoms with E-state index in [0.717, 1.165) is 11.3 Å². The van der Waals surface area contributed by atoms with Crippen molar-refractivity contribution in [2.24, 2.45) is 0 Å². The van der Waals surface area contributed by atoms with Crippen LogP contribution in [0.15, 0.2) is 42.6 Å². The Morgan fingerprint density at radius 1 is 1.18 bits per heavy atom. The molecule has 116 valence electrons. The average Bonchev–Trinajstić information content (AvgIpc) is 2.81. The molecule has 1 unspecified atom stereocenters. The Morgan fingerprint density at radius 2 is 2.00 bits per heavy atom. The average molecular weight is 306 g/mol. The molecular formula is C16H16F2N2O2. The molecule has 1 N–H and O–H groups in total. The van der Waals surface area contributed by atoms with Crippen LogP contribution in [0.25, 0.3) is 0 Å². The van der Waals surface area contributed by atoms with Crippen molar-refractivity contribution in [2.75, 3.05) is 6.54 Å². The Morgan fingerprint density at radius 3 is 2.77 bits per heavy atom. The second kappa shape index (κ2) is 5.88. The lowest BCUT2D eigenvalue weighted by atomic mass is 10.1. The van der Waals surface area contributed by atoms with Gasteiger partial charge in [0, 0.05) is 12.2 Å². The van der Waals surface area contributed by atoms with Gasteiger partial charge >= 0.3 is 6.29 Å². The van der Waals surface area contributed by atoms with Crippen LogP contribution in [0.1, 0.15) is 24.2 Å². The first-order chi connectivity index (χ1) is 10.5. The summed E-state index contributed by atoms with van der Waals surface area (Å²) in [6.07, 6.45) is -1.11. The first-order valence-electron chi connectivity index (χ1n) is 7.06. The fourth-order valence-electron chi connectivity index (χ4n) is 2.32. The van der Waals surface area contributed by atoms with Gasteiger partial charge in [-0.1, -0.05) is 12.1 Å². The van der Waals surface area contributed by atoms with Crippen LogP contribution >= 0.6 is 0 Å². The molecule has 1 aliphatic rings. The van der Waals surface area contributed by atoms with Gasteiger partial charge in [0.05, 0.1) is 5.69 Å². The van der Waals surface area contributed by atoms with E-state index in [4.69, 9.17) is 0 Å². The minimum Gasteiger partial charge on any atom is -0.395 e. The van der Waals surface area contributed by atoms with Crippen LogP contribution < -0.4 is 14.8 Å². The zero-order chi connectivity index (χ0) is 15.6. The highest BCUT2D eigenvalue weighted by atomic mass is 19.3. The minimum atomic E-state index is -3.56. The van der Waals surface area contributed by atoms with E-state index in [1.807, 2.05) is 25.1 Å². The first-order valence-corrected chi connectivity index (χ1v) is 7.06. The summed E-state index contributed by atoms with van der Waals surface area (Å²) >= 11 is 0. The molecule has 0 bridgehead atoms. The summed E-state index contributed by atoms with van der Waals surface area (Å²) in [4.78, 5) is 4.29. The fraction of sp³-hybridized carbons (Fsp3) is 0.312. The Bertz CT molecular complexity index is 650. The fourth-order valence-corrected chi connectivity index (χ4v) is 2.32. The lowest BCUT2D eigenvalue weighted by Crippen LogP contribution is -2.25. The number of rotatable bonds is 5. The number of halogens is 2. The van der Waals surface area contributed by atoms with Gasteiger partial charge in [-0.15, -0.1) is 8.78 Å². The van der Waals surface area contributed by atoms with Gasteiger partial charge in [-0.2, -0.15) is 0 Å². The Hall–Kier alpha value is -2.21. The molecule has 1 aromatic carbocycles. The molecule has 0 radical (unpaired) electrons. The lowest BCUT2D eigenvalue weighted by Gasteiger charge is -2.13. The number of alkyl halides is 2. The van der Waals surface area contributed by atoms with E-state index < -0.39 is 6.29 Å². The summed E-state index contributed by atoms with van der Waals surface area (Å²) in [6.45, 7) is 2.73. The predicted octanol–water partition coefficient (Wildman–Crippen LogP) is 3.30. The molecule has 22 heavy (non-hydrogen) atoms. The molecule has 0 aliphatic carbocycles. The highest BCUT2D eigenvalue weighted by molar-refractivity contribution is 5.45. The van der Waals surface area contributed by atoms with Gasteiger partial charge in [-0.05, 0) is 49.7 Å². The van der Waals surface area contributed by atoms with Crippen LogP contribution in [0.5, 0.6) is 11.5 Å². The van der Waals surface area contributed by atoms with Gasteiger partial charge in [0.1, 0.15) is 0 Å². The lowest BCUT2D eigenvalue weighted by molar-refractivity contribution is -0.286. The largest absolute Gasteiger partial charge is 0.586 e. The molecule has 0 spiro atoms. The highest BCUT2D eigenvalue weighted by Gasteiger charge is 2.43. The zero-order valence-electron chi connectivity index (χ0n) is 12.1. The second-order valence-electron chi connectivity index (χ2n) is 5.13. The summed E-state index contributed by atoms with van der Waals surface area (Å²) in [6, 6.07) is 10.8. The van der Waals surface area contributed by atoms with Gasteiger partial charge in [0.15, 0.2) is 11.5 Å². The zero-order valence-corrected chi connectivity index (χ0v) is 12.1. The van der Waals surface area contributed by atoms with Crippen LogP contribution in [0, 0.1) is 0 Å². The van der Waals surface area contributed by atoms with E-state index in [2.05, 4.69) is 19.8 Å². The Balaban J connectivity index is 1.55. The smallest absolute Gasteiger partial charge is 0.395 e. The molecule has 1 aliphatic heterocycles. The molecule has 4 nitrogen and oxygen atoms in total. The number of hydrogen-bond donors (Lipinski definition) is 1. The van der Waals surface area contributed by atoms with Crippen molar-refractivity contribution >= 4 is 0 Å². The van der Waals surface area contributed by atoms with Crippen LogP contribution in [0.3, 0.4) is 0 Å². The number of hydrogen-bond acceptors (Lipinski definition) is 4. The van der Waals surface area contributed by atoms with Crippen LogP contribution in [0.2, 0.25) is 0 Å². The number of nitrogens with one attached hydrogen (secondary N) is 1. The predicted molar refractivity (Wildman–Crippen MR) is 77.0 cm³/mol. The van der Waals surface area contributed by atoms with Crippen molar-refractivity contribution in [1.82, 2.24) is 10.3 Å². The molecule has 1 atom stereocenters. The van der Waals surface area contributed by atoms with Crippen molar-refractivity contribution in [3.63, 3.8) is 0 Å². The molecule has 2 heterocycles. The van der Waals surface area contributed by atoms with Gasteiger partial charge in [0.25, 0.3) is 0 Å².